The van der Waals surface area contributed by atoms with Crippen molar-refractivity contribution < 1.29 is 4.39 Å². The van der Waals surface area contributed by atoms with Crippen molar-refractivity contribution in [3.05, 3.63) is 24.1 Å². The van der Waals surface area contributed by atoms with Crippen LogP contribution in [0, 0.1) is 5.82 Å². The monoisotopic (exact) mass is 266 g/mol. The second-order valence-corrected chi connectivity index (χ2v) is 5.01. The molecule has 2 N–H and O–H groups in total. The topological polar surface area (TPSA) is 45.4 Å². The fourth-order valence-electron chi connectivity index (χ4n) is 2.69. The van der Waals surface area contributed by atoms with Gasteiger partial charge in [-0.2, -0.15) is 0 Å². The summed E-state index contributed by atoms with van der Waals surface area (Å²) in [5.41, 5.74) is 5.83. The number of aromatic nitrogens is 1. The van der Waals surface area contributed by atoms with Crippen LogP contribution >= 0.6 is 0 Å². The van der Waals surface area contributed by atoms with Crippen molar-refractivity contribution >= 4 is 5.82 Å². The fraction of sp³-hybridized carbons (Fsp3) is 0.643. The van der Waals surface area contributed by atoms with Gasteiger partial charge in [0.1, 0.15) is 0 Å². The van der Waals surface area contributed by atoms with E-state index in [-0.39, 0.29) is 5.82 Å². The van der Waals surface area contributed by atoms with Gasteiger partial charge in [0.25, 0.3) is 0 Å². The molecule has 0 aliphatic carbocycles. The molecule has 2 heterocycles. The highest BCUT2D eigenvalue weighted by Crippen LogP contribution is 2.18. The molecule has 106 valence electrons. The molecular weight excluding hydrogens is 243 g/mol. The number of piperazine rings is 1. The van der Waals surface area contributed by atoms with Crippen molar-refractivity contribution in [2.45, 2.75) is 25.8 Å². The highest BCUT2D eigenvalue weighted by atomic mass is 19.1. The van der Waals surface area contributed by atoms with Crippen molar-refractivity contribution in [2.75, 3.05) is 37.6 Å². The van der Waals surface area contributed by atoms with Gasteiger partial charge in [-0.25, -0.2) is 9.37 Å². The van der Waals surface area contributed by atoms with E-state index in [2.05, 4.69) is 16.8 Å². The molecular formula is C14H23FN4. The average molecular weight is 266 g/mol. The molecule has 1 aliphatic rings. The molecule has 1 unspecified atom stereocenters. The summed E-state index contributed by atoms with van der Waals surface area (Å²) in [4.78, 5) is 8.57. The minimum atomic E-state index is -0.236. The number of nitrogens with two attached hydrogens (primary N) is 1. The largest absolute Gasteiger partial charge is 0.352 e. The minimum Gasteiger partial charge on any atom is -0.352 e. The zero-order chi connectivity index (χ0) is 13.7. The van der Waals surface area contributed by atoms with E-state index in [9.17, 15) is 4.39 Å². The maximum atomic E-state index is 13.7. The lowest BCUT2D eigenvalue weighted by atomic mass is 10.1. The van der Waals surface area contributed by atoms with E-state index in [1.54, 1.807) is 12.3 Å². The lowest BCUT2D eigenvalue weighted by Gasteiger charge is -2.39. The first-order chi connectivity index (χ1) is 9.26. The quantitative estimate of drug-likeness (QED) is 0.876. The Bertz CT molecular complexity index is 391. The third kappa shape index (κ3) is 3.42. The van der Waals surface area contributed by atoms with E-state index in [0.29, 0.717) is 18.4 Å². The van der Waals surface area contributed by atoms with Crippen LogP contribution in [0.25, 0.3) is 0 Å². The molecule has 1 aromatic rings. The number of hydrogen-bond acceptors (Lipinski definition) is 4. The summed E-state index contributed by atoms with van der Waals surface area (Å²) in [6.07, 6.45) is 3.93. The predicted octanol–water partition coefficient (Wildman–Crippen LogP) is 1.47. The Kier molecular flexibility index (Phi) is 5.10. The van der Waals surface area contributed by atoms with E-state index in [4.69, 9.17) is 5.73 Å². The first-order valence-corrected chi connectivity index (χ1v) is 7.05. The predicted molar refractivity (Wildman–Crippen MR) is 75.7 cm³/mol. The summed E-state index contributed by atoms with van der Waals surface area (Å²) in [7, 11) is 0. The van der Waals surface area contributed by atoms with Crippen LogP contribution in [0.5, 0.6) is 0 Å². The number of rotatable bonds is 5. The molecule has 1 saturated heterocycles. The summed E-state index contributed by atoms with van der Waals surface area (Å²) in [5, 5.41) is 0. The molecule has 0 radical (unpaired) electrons. The molecule has 0 amide bonds. The molecule has 2 rings (SSSR count). The molecule has 1 fully saturated rings. The molecule has 0 bridgehead atoms. The highest BCUT2D eigenvalue weighted by molar-refractivity contribution is 5.40. The lowest BCUT2D eigenvalue weighted by molar-refractivity contribution is 0.179. The molecule has 0 saturated carbocycles. The van der Waals surface area contributed by atoms with Crippen LogP contribution in [0.15, 0.2) is 18.3 Å². The van der Waals surface area contributed by atoms with Gasteiger partial charge in [0.05, 0.1) is 0 Å². The van der Waals surface area contributed by atoms with Gasteiger partial charge in [0, 0.05) is 45.0 Å². The van der Waals surface area contributed by atoms with Crippen LogP contribution in [0.2, 0.25) is 0 Å². The van der Waals surface area contributed by atoms with Gasteiger partial charge in [-0.3, -0.25) is 4.90 Å². The standard InChI is InChI=1S/C14H23FN4/c1-2-4-12(11-16)18-7-9-19(10-8-18)14-13(15)5-3-6-17-14/h3,5-6,12H,2,4,7-11,16H2,1H3. The van der Waals surface area contributed by atoms with Gasteiger partial charge in [0.15, 0.2) is 11.6 Å². The van der Waals surface area contributed by atoms with Gasteiger partial charge < -0.3 is 10.6 Å². The lowest BCUT2D eigenvalue weighted by Crippen LogP contribution is -2.52. The SMILES string of the molecule is CCCC(CN)N1CCN(c2ncccc2F)CC1. The van der Waals surface area contributed by atoms with Crippen molar-refractivity contribution in [1.29, 1.82) is 0 Å². The summed E-state index contributed by atoms with van der Waals surface area (Å²) < 4.78 is 13.7. The molecule has 1 atom stereocenters. The Morgan fingerprint density at radius 2 is 2.11 bits per heavy atom. The highest BCUT2D eigenvalue weighted by Gasteiger charge is 2.24. The molecule has 19 heavy (non-hydrogen) atoms. The second-order valence-electron chi connectivity index (χ2n) is 5.01. The van der Waals surface area contributed by atoms with E-state index in [0.717, 1.165) is 39.0 Å². The normalized spacial score (nSPS) is 18.6. The summed E-state index contributed by atoms with van der Waals surface area (Å²) in [5.74, 6) is 0.238. The van der Waals surface area contributed by atoms with Crippen molar-refractivity contribution in [2.24, 2.45) is 5.73 Å². The van der Waals surface area contributed by atoms with Gasteiger partial charge in [-0.05, 0) is 18.6 Å². The maximum Gasteiger partial charge on any atom is 0.165 e. The minimum absolute atomic E-state index is 0.236. The third-order valence-electron chi connectivity index (χ3n) is 3.76. The van der Waals surface area contributed by atoms with Crippen LogP contribution in [0.4, 0.5) is 10.2 Å². The maximum absolute atomic E-state index is 13.7. The number of hydrogen-bond donors (Lipinski definition) is 1. The fourth-order valence-corrected chi connectivity index (χ4v) is 2.69. The summed E-state index contributed by atoms with van der Waals surface area (Å²) >= 11 is 0. The smallest absolute Gasteiger partial charge is 0.165 e. The van der Waals surface area contributed by atoms with Crippen molar-refractivity contribution in [3.63, 3.8) is 0 Å². The number of anilines is 1. The molecule has 1 aromatic heterocycles. The molecule has 1 aliphatic heterocycles. The van der Waals surface area contributed by atoms with Crippen LogP contribution in [-0.2, 0) is 0 Å². The second kappa shape index (κ2) is 6.82. The van der Waals surface area contributed by atoms with E-state index in [1.807, 2.05) is 4.90 Å². The van der Waals surface area contributed by atoms with Crippen molar-refractivity contribution in [3.8, 4) is 0 Å². The molecule has 4 nitrogen and oxygen atoms in total. The van der Waals surface area contributed by atoms with E-state index >= 15 is 0 Å². The Morgan fingerprint density at radius 3 is 2.68 bits per heavy atom. The summed E-state index contributed by atoms with van der Waals surface area (Å²) in [6.45, 7) is 6.37. The van der Waals surface area contributed by atoms with Crippen LogP contribution < -0.4 is 10.6 Å². The van der Waals surface area contributed by atoms with Gasteiger partial charge in [0.2, 0.25) is 0 Å². The zero-order valence-electron chi connectivity index (χ0n) is 11.6. The molecule has 0 aromatic carbocycles. The average Bonchev–Trinajstić information content (AvgIpc) is 2.46. The van der Waals surface area contributed by atoms with Crippen LogP contribution in [-0.4, -0.2) is 48.6 Å². The van der Waals surface area contributed by atoms with Crippen LogP contribution in [0.3, 0.4) is 0 Å². The van der Waals surface area contributed by atoms with E-state index in [1.165, 1.54) is 6.07 Å². The van der Waals surface area contributed by atoms with Gasteiger partial charge in [-0.15, -0.1) is 0 Å². The van der Waals surface area contributed by atoms with Crippen molar-refractivity contribution in [1.82, 2.24) is 9.88 Å². The Hall–Kier alpha value is -1.20. The number of pyridine rings is 1. The Balaban J connectivity index is 1.94. The third-order valence-corrected chi connectivity index (χ3v) is 3.76. The first kappa shape index (κ1) is 14.2. The Morgan fingerprint density at radius 1 is 1.37 bits per heavy atom. The van der Waals surface area contributed by atoms with E-state index < -0.39 is 0 Å². The van der Waals surface area contributed by atoms with Gasteiger partial charge in [-0.1, -0.05) is 13.3 Å². The number of nitrogens with zero attached hydrogens (tertiary/aromatic N) is 3. The van der Waals surface area contributed by atoms with Crippen LogP contribution in [0.1, 0.15) is 19.8 Å². The molecule has 5 heteroatoms. The number of halogens is 1. The van der Waals surface area contributed by atoms with Gasteiger partial charge >= 0.3 is 0 Å². The summed E-state index contributed by atoms with van der Waals surface area (Å²) in [6, 6.07) is 3.55. The zero-order valence-corrected chi connectivity index (χ0v) is 11.6. The molecule has 0 spiro atoms. The Labute approximate surface area is 114 Å². The first-order valence-electron chi connectivity index (χ1n) is 7.05.